The molecule has 2 unspecified atom stereocenters. The third-order valence-corrected chi connectivity index (χ3v) is 7.00. The predicted molar refractivity (Wildman–Crippen MR) is 92.7 cm³/mol. The molecule has 0 spiro atoms. The quantitative estimate of drug-likeness (QED) is 0.627. The number of hydrogen-bond donors (Lipinski definition) is 2. The number of fused-ring (bicyclic) bond motifs is 1. The molecular weight excluding hydrogens is 304 g/mol. The lowest BCUT2D eigenvalue weighted by molar-refractivity contribution is -0.142. The molecular formula is C20H34O4. The molecule has 2 N–H and O–H groups in total. The Kier molecular flexibility index (Phi) is 6.56. The molecule has 3 rings (SSSR count). The van der Waals surface area contributed by atoms with Crippen molar-refractivity contribution in [1.29, 1.82) is 0 Å². The molecule has 4 nitrogen and oxygen atoms in total. The average Bonchev–Trinajstić information content (AvgIpc) is 3.25. The highest BCUT2D eigenvalue weighted by Crippen LogP contribution is 2.52. The first-order valence-corrected chi connectivity index (χ1v) is 10.1. The molecule has 0 aliphatic heterocycles. The maximum atomic E-state index is 10.7. The molecule has 0 saturated heterocycles. The van der Waals surface area contributed by atoms with E-state index >= 15 is 0 Å². The lowest BCUT2D eigenvalue weighted by Crippen LogP contribution is -2.25. The predicted octanol–water partition coefficient (Wildman–Crippen LogP) is 3.86. The molecule has 138 valence electrons. The van der Waals surface area contributed by atoms with E-state index in [1.165, 1.54) is 57.8 Å². The molecule has 0 aromatic carbocycles. The van der Waals surface area contributed by atoms with E-state index in [9.17, 15) is 9.90 Å². The number of hydrogen-bond acceptors (Lipinski definition) is 3. The SMILES string of the molecule is O=C(O)COCCC1C[C@@H]2CC[C@@H](C(O)CCC3CCCC3)[C@@H]2C1. The maximum Gasteiger partial charge on any atom is 0.329 e. The van der Waals surface area contributed by atoms with Gasteiger partial charge in [0, 0.05) is 6.61 Å². The van der Waals surface area contributed by atoms with Crippen LogP contribution in [0.4, 0.5) is 0 Å². The zero-order chi connectivity index (χ0) is 16.9. The van der Waals surface area contributed by atoms with Gasteiger partial charge in [-0.15, -0.1) is 0 Å². The van der Waals surface area contributed by atoms with Crippen molar-refractivity contribution in [2.45, 2.75) is 76.7 Å². The Morgan fingerprint density at radius 1 is 1.04 bits per heavy atom. The van der Waals surface area contributed by atoms with Gasteiger partial charge in [0.05, 0.1) is 6.10 Å². The summed E-state index contributed by atoms with van der Waals surface area (Å²) in [5, 5.41) is 19.3. The zero-order valence-corrected chi connectivity index (χ0v) is 14.9. The van der Waals surface area contributed by atoms with Crippen molar-refractivity contribution in [3.05, 3.63) is 0 Å². The van der Waals surface area contributed by atoms with Gasteiger partial charge in [-0.3, -0.25) is 0 Å². The molecule has 5 atom stereocenters. The second kappa shape index (κ2) is 8.66. The molecule has 24 heavy (non-hydrogen) atoms. The highest BCUT2D eigenvalue weighted by atomic mass is 16.5. The normalized spacial score (nSPS) is 34.5. The lowest BCUT2D eigenvalue weighted by Gasteiger charge is -2.25. The smallest absolute Gasteiger partial charge is 0.329 e. The Hall–Kier alpha value is -0.610. The van der Waals surface area contributed by atoms with Gasteiger partial charge in [0.2, 0.25) is 0 Å². The first-order valence-electron chi connectivity index (χ1n) is 10.1. The highest BCUT2D eigenvalue weighted by molar-refractivity contribution is 5.67. The Morgan fingerprint density at radius 2 is 1.83 bits per heavy atom. The number of ether oxygens (including phenoxy) is 1. The summed E-state index contributed by atoms with van der Waals surface area (Å²) in [4.78, 5) is 10.5. The van der Waals surface area contributed by atoms with Crippen molar-refractivity contribution >= 4 is 5.97 Å². The van der Waals surface area contributed by atoms with Crippen LogP contribution < -0.4 is 0 Å². The number of aliphatic hydroxyl groups excluding tert-OH is 1. The molecule has 0 radical (unpaired) electrons. The van der Waals surface area contributed by atoms with Gasteiger partial charge < -0.3 is 14.9 Å². The van der Waals surface area contributed by atoms with Gasteiger partial charge >= 0.3 is 5.97 Å². The van der Waals surface area contributed by atoms with Crippen molar-refractivity contribution in [3.63, 3.8) is 0 Å². The molecule has 0 heterocycles. The molecule has 3 saturated carbocycles. The number of carboxylic acids is 1. The number of carboxylic acid groups (broad SMARTS) is 1. The van der Waals surface area contributed by atoms with Gasteiger partial charge in [-0.2, -0.15) is 0 Å². The Labute approximate surface area is 146 Å². The first-order chi connectivity index (χ1) is 11.6. The summed E-state index contributed by atoms with van der Waals surface area (Å²) in [5.74, 6) is 2.66. The van der Waals surface area contributed by atoms with Gasteiger partial charge in [-0.1, -0.05) is 25.7 Å². The van der Waals surface area contributed by atoms with E-state index in [0.717, 1.165) is 24.7 Å². The first kappa shape index (κ1) is 18.2. The fourth-order valence-electron chi connectivity index (χ4n) is 5.80. The van der Waals surface area contributed by atoms with Gasteiger partial charge in [0.25, 0.3) is 0 Å². The van der Waals surface area contributed by atoms with Gasteiger partial charge in [-0.05, 0) is 74.5 Å². The minimum atomic E-state index is -0.885. The van der Waals surface area contributed by atoms with E-state index in [2.05, 4.69) is 0 Å². The number of aliphatic hydroxyl groups is 1. The summed E-state index contributed by atoms with van der Waals surface area (Å²) in [7, 11) is 0. The summed E-state index contributed by atoms with van der Waals surface area (Å²) in [6, 6.07) is 0. The summed E-state index contributed by atoms with van der Waals surface area (Å²) in [6.45, 7) is 0.382. The maximum absolute atomic E-state index is 10.7. The molecule has 3 aliphatic rings. The van der Waals surface area contributed by atoms with Crippen LogP contribution in [0.5, 0.6) is 0 Å². The number of aliphatic carboxylic acids is 1. The molecule has 3 fully saturated rings. The van der Waals surface area contributed by atoms with E-state index in [1.54, 1.807) is 0 Å². The van der Waals surface area contributed by atoms with E-state index in [4.69, 9.17) is 9.84 Å². The third-order valence-electron chi connectivity index (χ3n) is 7.00. The van der Waals surface area contributed by atoms with Crippen LogP contribution in [-0.4, -0.2) is 35.5 Å². The van der Waals surface area contributed by atoms with Crippen LogP contribution in [0.2, 0.25) is 0 Å². The summed E-state index contributed by atoms with van der Waals surface area (Å²) in [5.41, 5.74) is 0. The van der Waals surface area contributed by atoms with Crippen LogP contribution in [0.15, 0.2) is 0 Å². The minimum Gasteiger partial charge on any atom is -0.480 e. The Bertz CT molecular complexity index is 404. The minimum absolute atomic E-state index is 0.0948. The van der Waals surface area contributed by atoms with Crippen LogP contribution in [0.3, 0.4) is 0 Å². The van der Waals surface area contributed by atoms with Crippen molar-refractivity contribution in [2.24, 2.45) is 29.6 Å². The second-order valence-electron chi connectivity index (χ2n) is 8.53. The topological polar surface area (TPSA) is 66.8 Å². The van der Waals surface area contributed by atoms with Crippen LogP contribution in [0.1, 0.15) is 70.6 Å². The summed E-state index contributed by atoms with van der Waals surface area (Å²) in [6.07, 6.45) is 13.6. The van der Waals surface area contributed by atoms with Crippen LogP contribution in [0.25, 0.3) is 0 Å². The molecule has 0 amide bonds. The number of rotatable bonds is 9. The molecule has 0 bridgehead atoms. The summed E-state index contributed by atoms with van der Waals surface area (Å²) < 4.78 is 5.20. The van der Waals surface area contributed by atoms with Crippen molar-refractivity contribution in [1.82, 2.24) is 0 Å². The fraction of sp³-hybridized carbons (Fsp3) is 0.950. The lowest BCUT2D eigenvalue weighted by atomic mass is 9.84. The molecule has 0 aromatic rings. The van der Waals surface area contributed by atoms with E-state index in [1.807, 2.05) is 0 Å². The molecule has 4 heteroatoms. The van der Waals surface area contributed by atoms with Crippen LogP contribution >= 0.6 is 0 Å². The average molecular weight is 338 g/mol. The van der Waals surface area contributed by atoms with Crippen molar-refractivity contribution in [3.8, 4) is 0 Å². The van der Waals surface area contributed by atoms with E-state index in [0.29, 0.717) is 24.4 Å². The van der Waals surface area contributed by atoms with E-state index < -0.39 is 5.97 Å². The summed E-state index contributed by atoms with van der Waals surface area (Å²) >= 11 is 0. The Morgan fingerprint density at radius 3 is 2.58 bits per heavy atom. The standard InChI is InChI=1S/C20H34O4/c21-19(8-5-14-3-1-2-4-14)17-7-6-16-11-15(12-18(16)17)9-10-24-13-20(22)23/h14-19,21H,1-13H2,(H,22,23)/t15?,16-,17+,18+,19?/m0/s1. The third kappa shape index (κ3) is 4.72. The van der Waals surface area contributed by atoms with Gasteiger partial charge in [-0.25, -0.2) is 4.79 Å². The zero-order valence-electron chi connectivity index (χ0n) is 14.9. The second-order valence-corrected chi connectivity index (χ2v) is 8.53. The van der Waals surface area contributed by atoms with Crippen molar-refractivity contribution in [2.75, 3.05) is 13.2 Å². The molecule has 0 aromatic heterocycles. The fourth-order valence-corrected chi connectivity index (χ4v) is 5.80. The van der Waals surface area contributed by atoms with Crippen LogP contribution in [0, 0.1) is 29.6 Å². The van der Waals surface area contributed by atoms with Crippen LogP contribution in [-0.2, 0) is 9.53 Å². The van der Waals surface area contributed by atoms with Gasteiger partial charge in [0.15, 0.2) is 0 Å². The van der Waals surface area contributed by atoms with Gasteiger partial charge in [0.1, 0.15) is 6.61 Å². The van der Waals surface area contributed by atoms with E-state index in [-0.39, 0.29) is 12.7 Å². The van der Waals surface area contributed by atoms with Crippen molar-refractivity contribution < 1.29 is 19.7 Å². The number of carbonyl (C=O) groups is 1. The molecule has 3 aliphatic carbocycles. The Balaban J connectivity index is 1.38. The largest absolute Gasteiger partial charge is 0.480 e. The monoisotopic (exact) mass is 338 g/mol. The highest BCUT2D eigenvalue weighted by Gasteiger charge is 2.45.